The van der Waals surface area contributed by atoms with Gasteiger partial charge in [0.05, 0.1) is 16.1 Å². The molecule has 0 amide bonds. The van der Waals surface area contributed by atoms with Crippen molar-refractivity contribution in [3.05, 3.63) is 58.3 Å². The minimum atomic E-state index is -0.379. The lowest BCUT2D eigenvalue weighted by molar-refractivity contribution is 0.476. The Morgan fingerprint density at radius 1 is 1.06 bits per heavy atom. The lowest BCUT2D eigenvalue weighted by atomic mass is 10.2. The van der Waals surface area contributed by atoms with Crippen molar-refractivity contribution in [2.45, 2.75) is 0 Å². The molecule has 17 heavy (non-hydrogen) atoms. The van der Waals surface area contributed by atoms with E-state index in [1.807, 2.05) is 6.07 Å². The fourth-order valence-electron chi connectivity index (χ4n) is 1.27. The van der Waals surface area contributed by atoms with Crippen LogP contribution < -0.4 is 4.74 Å². The summed E-state index contributed by atoms with van der Waals surface area (Å²) in [5.74, 6) is 0.595. The molecule has 2 rings (SSSR count). The quantitative estimate of drug-likeness (QED) is 0.828. The Kier molecular flexibility index (Phi) is 3.40. The van der Waals surface area contributed by atoms with Crippen molar-refractivity contribution in [2.75, 3.05) is 0 Å². The minimum absolute atomic E-state index is 0.379. The second-order valence-corrected chi connectivity index (χ2v) is 4.17. The van der Waals surface area contributed by atoms with Crippen molar-refractivity contribution in [2.24, 2.45) is 0 Å². The first kappa shape index (κ1) is 11.6. The second-order valence-electron chi connectivity index (χ2n) is 3.31. The zero-order valence-electron chi connectivity index (χ0n) is 8.65. The number of hydrogen-bond acceptors (Lipinski definition) is 2. The van der Waals surface area contributed by atoms with E-state index in [2.05, 4.69) is 15.9 Å². The van der Waals surface area contributed by atoms with Crippen LogP contribution in [0.2, 0.25) is 0 Å². The van der Waals surface area contributed by atoms with E-state index in [-0.39, 0.29) is 5.82 Å². The highest BCUT2D eigenvalue weighted by Gasteiger charge is 2.02. The van der Waals surface area contributed by atoms with Gasteiger partial charge in [-0.2, -0.15) is 5.26 Å². The second kappa shape index (κ2) is 4.98. The van der Waals surface area contributed by atoms with Crippen LogP contribution in [0.5, 0.6) is 11.5 Å². The minimum Gasteiger partial charge on any atom is -0.457 e. The summed E-state index contributed by atoms with van der Waals surface area (Å²) in [6.07, 6.45) is 0. The van der Waals surface area contributed by atoms with E-state index in [9.17, 15) is 4.39 Å². The van der Waals surface area contributed by atoms with Crippen LogP contribution in [0.1, 0.15) is 5.56 Å². The topological polar surface area (TPSA) is 33.0 Å². The third kappa shape index (κ3) is 2.83. The van der Waals surface area contributed by atoms with Crippen molar-refractivity contribution in [3.8, 4) is 17.6 Å². The van der Waals surface area contributed by atoms with Gasteiger partial charge in [0.1, 0.15) is 17.3 Å². The van der Waals surface area contributed by atoms with Crippen molar-refractivity contribution in [1.82, 2.24) is 0 Å². The number of nitrogens with zero attached hydrogens (tertiary/aromatic N) is 1. The molecule has 84 valence electrons. The van der Waals surface area contributed by atoms with E-state index in [4.69, 9.17) is 10.00 Å². The third-order valence-electron chi connectivity index (χ3n) is 2.11. The molecule has 0 unspecified atom stereocenters. The highest BCUT2D eigenvalue weighted by molar-refractivity contribution is 9.10. The van der Waals surface area contributed by atoms with Crippen LogP contribution in [0.4, 0.5) is 4.39 Å². The summed E-state index contributed by atoms with van der Waals surface area (Å²) < 4.78 is 19.1. The lowest BCUT2D eigenvalue weighted by Gasteiger charge is -2.06. The molecule has 0 saturated heterocycles. The summed E-state index contributed by atoms with van der Waals surface area (Å²) in [7, 11) is 0. The molecule has 0 atom stereocenters. The molecule has 0 radical (unpaired) electrons. The predicted octanol–water partition coefficient (Wildman–Crippen LogP) is 4.25. The van der Waals surface area contributed by atoms with Gasteiger partial charge in [0.25, 0.3) is 0 Å². The van der Waals surface area contributed by atoms with Gasteiger partial charge in [-0.1, -0.05) is 0 Å². The van der Waals surface area contributed by atoms with Gasteiger partial charge in [-0.25, -0.2) is 4.39 Å². The van der Waals surface area contributed by atoms with Gasteiger partial charge in [-0.05, 0) is 52.3 Å². The Balaban J connectivity index is 2.20. The monoisotopic (exact) mass is 291 g/mol. The molecule has 0 N–H and O–H groups in total. The molecule has 0 heterocycles. The molecular weight excluding hydrogens is 285 g/mol. The molecule has 0 aliphatic heterocycles. The Hall–Kier alpha value is -1.86. The van der Waals surface area contributed by atoms with Crippen LogP contribution in [0.15, 0.2) is 46.9 Å². The standard InChI is InChI=1S/C13H7BrFNO/c14-12-6-5-11(7-13(12)15)17-10-3-1-9(8-16)2-4-10/h1-7H. The van der Waals surface area contributed by atoms with Gasteiger partial charge in [-0.15, -0.1) is 0 Å². The van der Waals surface area contributed by atoms with Crippen molar-refractivity contribution in [1.29, 1.82) is 5.26 Å². The van der Waals surface area contributed by atoms with Gasteiger partial charge in [0, 0.05) is 6.07 Å². The average molecular weight is 292 g/mol. The normalized spacial score (nSPS) is 9.71. The van der Waals surface area contributed by atoms with Crippen molar-refractivity contribution < 1.29 is 9.13 Å². The van der Waals surface area contributed by atoms with Gasteiger partial charge >= 0.3 is 0 Å². The van der Waals surface area contributed by atoms with Gasteiger partial charge in [0.2, 0.25) is 0 Å². The summed E-state index contributed by atoms with van der Waals surface area (Å²) in [4.78, 5) is 0. The van der Waals surface area contributed by atoms with E-state index in [0.29, 0.717) is 21.5 Å². The number of nitriles is 1. The zero-order chi connectivity index (χ0) is 12.3. The molecule has 0 fully saturated rings. The van der Waals surface area contributed by atoms with Crippen LogP contribution in [0, 0.1) is 17.1 Å². The summed E-state index contributed by atoms with van der Waals surface area (Å²) in [6.45, 7) is 0. The summed E-state index contributed by atoms with van der Waals surface area (Å²) in [5.41, 5.74) is 0.555. The van der Waals surface area contributed by atoms with E-state index < -0.39 is 0 Å². The molecule has 2 aromatic carbocycles. The van der Waals surface area contributed by atoms with E-state index in [1.165, 1.54) is 6.07 Å². The molecule has 0 aliphatic rings. The lowest BCUT2D eigenvalue weighted by Crippen LogP contribution is -1.86. The maximum atomic E-state index is 13.2. The molecule has 2 nitrogen and oxygen atoms in total. The largest absolute Gasteiger partial charge is 0.457 e. The number of benzene rings is 2. The SMILES string of the molecule is N#Cc1ccc(Oc2ccc(Br)c(F)c2)cc1. The molecular formula is C13H7BrFNO. The van der Waals surface area contributed by atoms with Crippen LogP contribution >= 0.6 is 15.9 Å². The first-order valence-corrected chi connectivity index (χ1v) is 5.61. The Morgan fingerprint density at radius 2 is 1.71 bits per heavy atom. The Morgan fingerprint density at radius 3 is 2.29 bits per heavy atom. The Bertz CT molecular complexity index is 575. The molecule has 0 bridgehead atoms. The van der Waals surface area contributed by atoms with Crippen LogP contribution in [-0.4, -0.2) is 0 Å². The number of halogens is 2. The molecule has 0 aliphatic carbocycles. The number of ether oxygens (including phenoxy) is 1. The Labute approximate surface area is 106 Å². The number of hydrogen-bond donors (Lipinski definition) is 0. The van der Waals surface area contributed by atoms with E-state index >= 15 is 0 Å². The first-order chi connectivity index (χ1) is 8.19. The highest BCUT2D eigenvalue weighted by atomic mass is 79.9. The summed E-state index contributed by atoms with van der Waals surface area (Å²) in [6, 6.07) is 13.2. The van der Waals surface area contributed by atoms with Crippen molar-refractivity contribution in [3.63, 3.8) is 0 Å². The van der Waals surface area contributed by atoms with Gasteiger partial charge in [-0.3, -0.25) is 0 Å². The molecule has 2 aromatic rings. The van der Waals surface area contributed by atoms with Gasteiger partial charge < -0.3 is 4.74 Å². The fraction of sp³-hybridized carbons (Fsp3) is 0. The molecule has 0 spiro atoms. The predicted molar refractivity (Wildman–Crippen MR) is 65.3 cm³/mol. The van der Waals surface area contributed by atoms with Crippen molar-refractivity contribution >= 4 is 15.9 Å². The first-order valence-electron chi connectivity index (χ1n) is 4.82. The fourth-order valence-corrected chi connectivity index (χ4v) is 1.52. The maximum Gasteiger partial charge on any atom is 0.141 e. The van der Waals surface area contributed by atoms with E-state index in [0.717, 1.165) is 0 Å². The third-order valence-corrected chi connectivity index (χ3v) is 2.75. The maximum absolute atomic E-state index is 13.2. The van der Waals surface area contributed by atoms with Crippen LogP contribution in [-0.2, 0) is 0 Å². The van der Waals surface area contributed by atoms with E-state index in [1.54, 1.807) is 36.4 Å². The molecule has 0 aromatic heterocycles. The van der Waals surface area contributed by atoms with Crippen LogP contribution in [0.25, 0.3) is 0 Å². The number of rotatable bonds is 2. The molecule has 0 saturated carbocycles. The smallest absolute Gasteiger partial charge is 0.141 e. The molecule has 4 heteroatoms. The summed E-state index contributed by atoms with van der Waals surface area (Å²) >= 11 is 3.07. The van der Waals surface area contributed by atoms with Gasteiger partial charge in [0.15, 0.2) is 0 Å². The summed E-state index contributed by atoms with van der Waals surface area (Å²) in [5, 5.41) is 8.64. The van der Waals surface area contributed by atoms with Crippen LogP contribution in [0.3, 0.4) is 0 Å². The zero-order valence-corrected chi connectivity index (χ0v) is 10.2. The average Bonchev–Trinajstić information content (AvgIpc) is 2.35. The highest BCUT2D eigenvalue weighted by Crippen LogP contribution is 2.25.